The lowest BCUT2D eigenvalue weighted by molar-refractivity contribution is -0.707. The molecule has 0 saturated heterocycles. The van der Waals surface area contributed by atoms with Gasteiger partial charge in [-0.3, -0.25) is 0 Å². The van der Waals surface area contributed by atoms with Crippen molar-refractivity contribution in [2.75, 3.05) is 7.11 Å². The summed E-state index contributed by atoms with van der Waals surface area (Å²) in [5, 5.41) is 3.03. The highest BCUT2D eigenvalue weighted by Gasteiger charge is 2.14. The lowest BCUT2D eigenvalue weighted by Gasteiger charge is -2.15. The SMILES string of the molecule is COc1cc(C[NH2+][C@@H](C)c2ccccc2)cc(Br)c1OCc1ccc(Cl)cc1. The van der Waals surface area contributed by atoms with Crippen molar-refractivity contribution in [1.29, 1.82) is 0 Å². The van der Waals surface area contributed by atoms with Crippen molar-refractivity contribution in [3.05, 3.63) is 92.9 Å². The molecule has 1 atom stereocenters. The van der Waals surface area contributed by atoms with E-state index in [0.29, 0.717) is 23.4 Å². The molecule has 2 N–H and O–H groups in total. The first-order valence-electron chi connectivity index (χ1n) is 9.18. The lowest BCUT2D eigenvalue weighted by atomic mass is 10.1. The number of rotatable bonds is 8. The van der Waals surface area contributed by atoms with Gasteiger partial charge in [-0.15, -0.1) is 0 Å². The summed E-state index contributed by atoms with van der Waals surface area (Å²) in [5.74, 6) is 1.43. The van der Waals surface area contributed by atoms with E-state index in [1.54, 1.807) is 7.11 Å². The molecule has 0 aliphatic rings. The molecule has 146 valence electrons. The van der Waals surface area contributed by atoms with Crippen molar-refractivity contribution in [2.24, 2.45) is 0 Å². The summed E-state index contributed by atoms with van der Waals surface area (Å²) in [6.45, 7) is 3.51. The van der Waals surface area contributed by atoms with E-state index in [9.17, 15) is 0 Å². The maximum Gasteiger partial charge on any atom is 0.175 e. The molecule has 28 heavy (non-hydrogen) atoms. The van der Waals surface area contributed by atoms with Crippen LogP contribution in [0.4, 0.5) is 0 Å². The molecule has 0 fully saturated rings. The van der Waals surface area contributed by atoms with Gasteiger partial charge in [-0.25, -0.2) is 0 Å². The molecule has 3 nitrogen and oxygen atoms in total. The average Bonchev–Trinajstić information content (AvgIpc) is 2.72. The fourth-order valence-electron chi connectivity index (χ4n) is 2.97. The van der Waals surface area contributed by atoms with Crippen LogP contribution in [-0.4, -0.2) is 7.11 Å². The third-order valence-electron chi connectivity index (χ3n) is 4.62. The molecule has 0 heterocycles. The summed E-state index contributed by atoms with van der Waals surface area (Å²) in [4.78, 5) is 0. The first kappa shape index (κ1) is 20.7. The Balaban J connectivity index is 1.67. The van der Waals surface area contributed by atoms with Gasteiger partial charge in [0.1, 0.15) is 19.2 Å². The van der Waals surface area contributed by atoms with Crippen molar-refractivity contribution >= 4 is 27.5 Å². The molecule has 5 heteroatoms. The Morgan fingerprint density at radius 1 is 1.00 bits per heavy atom. The van der Waals surface area contributed by atoms with E-state index >= 15 is 0 Å². The predicted octanol–water partition coefficient (Wildman–Crippen LogP) is 5.51. The lowest BCUT2D eigenvalue weighted by Crippen LogP contribution is -2.83. The maximum atomic E-state index is 6.01. The van der Waals surface area contributed by atoms with E-state index in [4.69, 9.17) is 21.1 Å². The molecule has 0 unspecified atom stereocenters. The van der Waals surface area contributed by atoms with Crippen LogP contribution in [0.3, 0.4) is 0 Å². The standard InChI is InChI=1S/C23H23BrClNO2/c1-16(19-6-4-3-5-7-19)26-14-18-12-21(24)23(22(13-18)27-2)28-15-17-8-10-20(25)11-9-17/h3-13,16,26H,14-15H2,1-2H3/p+1/t16-/m0/s1. The topological polar surface area (TPSA) is 35.1 Å². The zero-order chi connectivity index (χ0) is 19.9. The molecule has 0 radical (unpaired) electrons. The third kappa shape index (κ3) is 5.51. The summed E-state index contributed by atoms with van der Waals surface area (Å²) < 4.78 is 12.5. The summed E-state index contributed by atoms with van der Waals surface area (Å²) in [6, 6.07) is 22.7. The van der Waals surface area contributed by atoms with Crippen molar-refractivity contribution in [3.63, 3.8) is 0 Å². The second-order valence-corrected chi connectivity index (χ2v) is 7.95. The van der Waals surface area contributed by atoms with Gasteiger partial charge in [-0.2, -0.15) is 0 Å². The molecule has 0 aromatic heterocycles. The van der Waals surface area contributed by atoms with Crippen molar-refractivity contribution in [2.45, 2.75) is 26.1 Å². The van der Waals surface area contributed by atoms with Crippen LogP contribution >= 0.6 is 27.5 Å². The van der Waals surface area contributed by atoms with Crippen LogP contribution in [0.15, 0.2) is 71.2 Å². The van der Waals surface area contributed by atoms with Crippen molar-refractivity contribution < 1.29 is 14.8 Å². The monoisotopic (exact) mass is 460 g/mol. The number of halogens is 2. The van der Waals surface area contributed by atoms with E-state index in [1.165, 1.54) is 11.1 Å². The number of quaternary nitrogens is 1. The van der Waals surface area contributed by atoms with E-state index < -0.39 is 0 Å². The molecular weight excluding hydrogens is 438 g/mol. The first-order chi connectivity index (χ1) is 13.6. The molecule has 0 aliphatic carbocycles. The summed E-state index contributed by atoms with van der Waals surface area (Å²) >= 11 is 9.57. The van der Waals surface area contributed by atoms with Gasteiger partial charge in [0.05, 0.1) is 11.6 Å². The molecule has 0 bridgehead atoms. The third-order valence-corrected chi connectivity index (χ3v) is 5.46. The maximum absolute atomic E-state index is 6.01. The summed E-state index contributed by atoms with van der Waals surface area (Å²) in [5.41, 5.74) is 3.54. The molecular formula is C23H24BrClNO2+. The van der Waals surface area contributed by atoms with Crippen molar-refractivity contribution in [3.8, 4) is 11.5 Å². The Hall–Kier alpha value is -2.01. The van der Waals surface area contributed by atoms with Gasteiger partial charge in [0.25, 0.3) is 0 Å². The van der Waals surface area contributed by atoms with Gasteiger partial charge in [-0.05, 0) is 52.7 Å². The molecule has 0 aliphatic heterocycles. The second-order valence-electron chi connectivity index (χ2n) is 6.66. The van der Waals surface area contributed by atoms with E-state index in [0.717, 1.165) is 22.3 Å². The molecule has 3 rings (SSSR count). The highest BCUT2D eigenvalue weighted by Crippen LogP contribution is 2.37. The largest absolute Gasteiger partial charge is 0.493 e. The van der Waals surface area contributed by atoms with Gasteiger partial charge in [0, 0.05) is 16.1 Å². The van der Waals surface area contributed by atoms with Gasteiger partial charge >= 0.3 is 0 Å². The average molecular weight is 462 g/mol. The Morgan fingerprint density at radius 3 is 2.39 bits per heavy atom. The minimum Gasteiger partial charge on any atom is -0.493 e. The van der Waals surface area contributed by atoms with Crippen molar-refractivity contribution in [1.82, 2.24) is 0 Å². The smallest absolute Gasteiger partial charge is 0.175 e. The van der Waals surface area contributed by atoms with E-state index in [2.05, 4.69) is 58.5 Å². The molecule has 0 saturated carbocycles. The second kappa shape index (κ2) is 9.97. The summed E-state index contributed by atoms with van der Waals surface area (Å²) in [6.07, 6.45) is 0. The number of nitrogens with two attached hydrogens (primary N) is 1. The fraction of sp³-hybridized carbons (Fsp3) is 0.217. The Bertz CT molecular complexity index is 900. The molecule has 0 amide bonds. The van der Waals surface area contributed by atoms with Gasteiger partial charge in [0.15, 0.2) is 11.5 Å². The van der Waals surface area contributed by atoms with Crippen LogP contribution in [0.5, 0.6) is 11.5 Å². The Kier molecular flexibility index (Phi) is 7.37. The van der Waals surface area contributed by atoms with Gasteiger partial charge < -0.3 is 14.8 Å². The van der Waals surface area contributed by atoms with Crippen LogP contribution in [0.25, 0.3) is 0 Å². The highest BCUT2D eigenvalue weighted by atomic mass is 79.9. The zero-order valence-electron chi connectivity index (χ0n) is 16.0. The molecule has 3 aromatic carbocycles. The summed E-state index contributed by atoms with van der Waals surface area (Å²) in [7, 11) is 1.66. The van der Waals surface area contributed by atoms with E-state index in [-0.39, 0.29) is 0 Å². The normalized spacial score (nSPS) is 11.9. The van der Waals surface area contributed by atoms with Crippen LogP contribution in [0.2, 0.25) is 5.02 Å². The number of benzene rings is 3. The minimum atomic E-state index is 0.381. The highest BCUT2D eigenvalue weighted by molar-refractivity contribution is 9.10. The molecule has 3 aromatic rings. The van der Waals surface area contributed by atoms with Crippen LogP contribution in [-0.2, 0) is 13.2 Å². The number of hydrogen-bond acceptors (Lipinski definition) is 2. The minimum absolute atomic E-state index is 0.381. The number of methoxy groups -OCH3 is 1. The van der Waals surface area contributed by atoms with Crippen LogP contribution in [0.1, 0.15) is 29.7 Å². The Morgan fingerprint density at radius 2 is 1.71 bits per heavy atom. The Labute approximate surface area is 179 Å². The zero-order valence-corrected chi connectivity index (χ0v) is 18.3. The number of ether oxygens (including phenoxy) is 2. The van der Waals surface area contributed by atoms with E-state index in [1.807, 2.05) is 36.4 Å². The quantitative estimate of drug-likeness (QED) is 0.480. The fourth-order valence-corrected chi connectivity index (χ4v) is 3.70. The number of hydrogen-bond donors (Lipinski definition) is 1. The van der Waals surface area contributed by atoms with Crippen LogP contribution < -0.4 is 14.8 Å². The van der Waals surface area contributed by atoms with Crippen LogP contribution in [0, 0.1) is 0 Å². The predicted molar refractivity (Wildman–Crippen MR) is 117 cm³/mol. The van der Waals surface area contributed by atoms with Gasteiger partial charge in [-0.1, -0.05) is 54.1 Å². The first-order valence-corrected chi connectivity index (χ1v) is 10.4. The van der Waals surface area contributed by atoms with Gasteiger partial charge in [0.2, 0.25) is 0 Å². The molecule has 0 spiro atoms.